The molecule has 1 saturated heterocycles. The lowest BCUT2D eigenvalue weighted by Gasteiger charge is -2.17. The number of carbonyl (C=O) groups excluding carboxylic acids is 1. The molecule has 0 aromatic heterocycles. The van der Waals surface area contributed by atoms with Crippen LogP contribution in [0, 0.1) is 5.92 Å². The number of nitrogens with zero attached hydrogens (tertiary/aromatic N) is 1. The van der Waals surface area contributed by atoms with Gasteiger partial charge in [0.25, 0.3) is 0 Å². The second-order valence-corrected chi connectivity index (χ2v) is 6.58. The quantitative estimate of drug-likeness (QED) is 0.875. The molecule has 4 heteroatoms. The molecule has 1 amide bonds. The topological polar surface area (TPSA) is 44.4 Å². The van der Waals surface area contributed by atoms with Gasteiger partial charge in [0.05, 0.1) is 0 Å². The zero-order chi connectivity index (χ0) is 14.8. The Morgan fingerprint density at radius 3 is 2.71 bits per heavy atom. The minimum atomic E-state index is 0.00328. The minimum Gasteiger partial charge on any atom is -0.381 e. The van der Waals surface area contributed by atoms with Crippen molar-refractivity contribution >= 4 is 17.3 Å². The summed E-state index contributed by atoms with van der Waals surface area (Å²) in [7, 11) is 0. The molecule has 0 radical (unpaired) electrons. The van der Waals surface area contributed by atoms with Crippen LogP contribution >= 0.6 is 0 Å². The van der Waals surface area contributed by atoms with Gasteiger partial charge in [-0.2, -0.15) is 0 Å². The Morgan fingerprint density at radius 1 is 1.24 bits per heavy atom. The highest BCUT2D eigenvalue weighted by Crippen LogP contribution is 2.30. The van der Waals surface area contributed by atoms with Crippen molar-refractivity contribution in [2.75, 3.05) is 23.7 Å². The van der Waals surface area contributed by atoms with Crippen molar-refractivity contribution in [1.82, 2.24) is 4.90 Å². The number of amides is 1. The Balaban J connectivity index is 1.57. The van der Waals surface area contributed by atoms with Crippen LogP contribution in [0.1, 0.15) is 33.1 Å². The third-order valence-electron chi connectivity index (χ3n) is 4.31. The van der Waals surface area contributed by atoms with E-state index in [2.05, 4.69) is 21.6 Å². The van der Waals surface area contributed by atoms with E-state index in [9.17, 15) is 4.79 Å². The summed E-state index contributed by atoms with van der Waals surface area (Å²) in [5, 5.41) is 6.56. The Hall–Kier alpha value is -1.55. The molecule has 0 bridgehead atoms. The molecule has 21 heavy (non-hydrogen) atoms. The minimum absolute atomic E-state index is 0.00328. The summed E-state index contributed by atoms with van der Waals surface area (Å²) in [5.41, 5.74) is 1.97. The highest BCUT2D eigenvalue weighted by atomic mass is 16.1. The molecule has 1 aliphatic heterocycles. The molecule has 2 fully saturated rings. The third-order valence-corrected chi connectivity index (χ3v) is 4.31. The molecule has 1 atom stereocenters. The number of hydrogen-bond donors (Lipinski definition) is 2. The standard InChI is InChI=1S/C17H25N3O/c1-12(2)17(21)19-14-5-3-4-13(10-14)18-15-8-9-20(11-15)16-6-7-16/h3-5,10,12,15-16,18H,6-9,11H2,1-2H3,(H,19,21). The molecule has 1 heterocycles. The van der Waals surface area contributed by atoms with Crippen molar-refractivity contribution in [2.45, 2.75) is 45.2 Å². The fourth-order valence-corrected chi connectivity index (χ4v) is 2.89. The van der Waals surface area contributed by atoms with Crippen LogP contribution in [-0.4, -0.2) is 36.0 Å². The third kappa shape index (κ3) is 3.76. The maximum atomic E-state index is 11.8. The lowest BCUT2D eigenvalue weighted by atomic mass is 10.2. The first-order valence-corrected chi connectivity index (χ1v) is 8.03. The van der Waals surface area contributed by atoms with Crippen molar-refractivity contribution in [2.24, 2.45) is 5.92 Å². The van der Waals surface area contributed by atoms with Crippen LogP contribution in [0.4, 0.5) is 11.4 Å². The Kier molecular flexibility index (Phi) is 4.15. The predicted molar refractivity (Wildman–Crippen MR) is 86.5 cm³/mol. The lowest BCUT2D eigenvalue weighted by Crippen LogP contribution is -2.27. The van der Waals surface area contributed by atoms with Crippen LogP contribution in [-0.2, 0) is 4.79 Å². The molecule has 3 rings (SSSR count). The van der Waals surface area contributed by atoms with Gasteiger partial charge in [-0.1, -0.05) is 19.9 Å². The van der Waals surface area contributed by atoms with E-state index in [1.807, 2.05) is 32.0 Å². The van der Waals surface area contributed by atoms with E-state index < -0.39 is 0 Å². The fraction of sp³-hybridized carbons (Fsp3) is 0.588. The van der Waals surface area contributed by atoms with Gasteiger partial charge in [-0.15, -0.1) is 0 Å². The number of hydrogen-bond acceptors (Lipinski definition) is 3. The molecule has 1 unspecified atom stereocenters. The Bertz CT molecular complexity index is 511. The summed E-state index contributed by atoms with van der Waals surface area (Å²) in [5.74, 6) is 0.0662. The maximum Gasteiger partial charge on any atom is 0.226 e. The Morgan fingerprint density at radius 2 is 2.00 bits per heavy atom. The van der Waals surface area contributed by atoms with Crippen molar-refractivity contribution in [1.29, 1.82) is 0 Å². The monoisotopic (exact) mass is 287 g/mol. The van der Waals surface area contributed by atoms with E-state index in [0.29, 0.717) is 6.04 Å². The van der Waals surface area contributed by atoms with Gasteiger partial charge >= 0.3 is 0 Å². The first-order valence-electron chi connectivity index (χ1n) is 8.03. The number of carbonyl (C=O) groups is 1. The average Bonchev–Trinajstić information content (AvgIpc) is 3.20. The maximum absolute atomic E-state index is 11.8. The largest absolute Gasteiger partial charge is 0.381 e. The predicted octanol–water partition coefficient (Wildman–Crippen LogP) is 2.93. The molecule has 1 aromatic rings. The molecular formula is C17H25N3O. The van der Waals surface area contributed by atoms with Gasteiger partial charge in [0.15, 0.2) is 0 Å². The molecule has 1 aliphatic carbocycles. The van der Waals surface area contributed by atoms with E-state index in [-0.39, 0.29) is 11.8 Å². The van der Waals surface area contributed by atoms with Crippen molar-refractivity contribution < 1.29 is 4.79 Å². The van der Waals surface area contributed by atoms with Gasteiger partial charge in [0, 0.05) is 42.5 Å². The molecular weight excluding hydrogens is 262 g/mol. The number of rotatable bonds is 5. The number of likely N-dealkylation sites (tertiary alicyclic amines) is 1. The summed E-state index contributed by atoms with van der Waals surface area (Å²) in [6, 6.07) is 9.42. The van der Waals surface area contributed by atoms with Gasteiger partial charge in [0.2, 0.25) is 5.91 Å². The van der Waals surface area contributed by atoms with Crippen LogP contribution in [0.3, 0.4) is 0 Å². The summed E-state index contributed by atoms with van der Waals surface area (Å²) in [4.78, 5) is 14.4. The Labute approximate surface area is 126 Å². The van der Waals surface area contributed by atoms with E-state index in [1.165, 1.54) is 25.8 Å². The normalized spacial score (nSPS) is 22.5. The number of anilines is 2. The van der Waals surface area contributed by atoms with Gasteiger partial charge in [-0.3, -0.25) is 9.69 Å². The van der Waals surface area contributed by atoms with Crippen molar-refractivity contribution in [3.8, 4) is 0 Å². The van der Waals surface area contributed by atoms with Crippen LogP contribution in [0.15, 0.2) is 24.3 Å². The molecule has 0 spiro atoms. The molecule has 1 aromatic carbocycles. The number of nitrogens with one attached hydrogen (secondary N) is 2. The van der Waals surface area contributed by atoms with Crippen molar-refractivity contribution in [3.63, 3.8) is 0 Å². The smallest absolute Gasteiger partial charge is 0.226 e. The molecule has 2 N–H and O–H groups in total. The summed E-state index contributed by atoms with van der Waals surface area (Å²) in [6.45, 7) is 6.17. The van der Waals surface area contributed by atoms with Gasteiger partial charge in [-0.05, 0) is 37.5 Å². The zero-order valence-electron chi connectivity index (χ0n) is 12.9. The van der Waals surface area contributed by atoms with E-state index in [1.54, 1.807) is 0 Å². The van der Waals surface area contributed by atoms with Crippen LogP contribution in [0.5, 0.6) is 0 Å². The first-order chi connectivity index (χ1) is 10.1. The highest BCUT2D eigenvalue weighted by molar-refractivity contribution is 5.92. The summed E-state index contributed by atoms with van der Waals surface area (Å²) < 4.78 is 0. The van der Waals surface area contributed by atoms with Crippen molar-refractivity contribution in [3.05, 3.63) is 24.3 Å². The van der Waals surface area contributed by atoms with Gasteiger partial charge in [-0.25, -0.2) is 0 Å². The van der Waals surface area contributed by atoms with E-state index in [4.69, 9.17) is 0 Å². The van der Waals surface area contributed by atoms with Crippen LogP contribution in [0.2, 0.25) is 0 Å². The summed E-state index contributed by atoms with van der Waals surface area (Å²) in [6.07, 6.45) is 3.96. The zero-order valence-corrected chi connectivity index (χ0v) is 12.9. The molecule has 114 valence electrons. The summed E-state index contributed by atoms with van der Waals surface area (Å²) >= 11 is 0. The highest BCUT2D eigenvalue weighted by Gasteiger charge is 2.34. The number of benzene rings is 1. The fourth-order valence-electron chi connectivity index (χ4n) is 2.89. The van der Waals surface area contributed by atoms with Gasteiger partial charge in [0.1, 0.15) is 0 Å². The second-order valence-electron chi connectivity index (χ2n) is 6.58. The SMILES string of the molecule is CC(C)C(=O)Nc1cccc(NC2CCN(C3CC3)C2)c1. The van der Waals surface area contributed by atoms with E-state index in [0.717, 1.165) is 24.0 Å². The van der Waals surface area contributed by atoms with Crippen LogP contribution < -0.4 is 10.6 Å². The molecule has 1 saturated carbocycles. The molecule has 2 aliphatic rings. The second kappa shape index (κ2) is 6.06. The molecule has 4 nitrogen and oxygen atoms in total. The first kappa shape index (κ1) is 14.4. The lowest BCUT2D eigenvalue weighted by molar-refractivity contribution is -0.118. The van der Waals surface area contributed by atoms with Crippen LogP contribution in [0.25, 0.3) is 0 Å². The average molecular weight is 287 g/mol. The van der Waals surface area contributed by atoms with Gasteiger partial charge < -0.3 is 10.6 Å². The van der Waals surface area contributed by atoms with E-state index >= 15 is 0 Å².